The first kappa shape index (κ1) is 13.3. The topological polar surface area (TPSA) is 96.6 Å². The molecule has 0 aliphatic carbocycles. The Bertz CT molecular complexity index is 532. The average Bonchev–Trinajstić information content (AvgIpc) is 2.70. The van der Waals surface area contributed by atoms with Crippen molar-refractivity contribution >= 4 is 17.5 Å². The lowest BCUT2D eigenvalue weighted by atomic mass is 10.0. The van der Waals surface area contributed by atoms with Crippen LogP contribution < -0.4 is 4.90 Å². The Morgan fingerprint density at radius 3 is 2.84 bits per heavy atom. The van der Waals surface area contributed by atoms with E-state index in [1.165, 1.54) is 12.3 Å². The van der Waals surface area contributed by atoms with Crippen LogP contribution in [0.1, 0.15) is 18.9 Å². The van der Waals surface area contributed by atoms with Gasteiger partial charge in [0.2, 0.25) is 0 Å². The smallest absolute Gasteiger partial charge is 0.326 e. The number of carboxylic acids is 1. The van der Waals surface area contributed by atoms with Gasteiger partial charge < -0.3 is 10.0 Å². The van der Waals surface area contributed by atoms with Crippen molar-refractivity contribution in [1.29, 1.82) is 0 Å². The van der Waals surface area contributed by atoms with Gasteiger partial charge in [-0.25, -0.2) is 9.78 Å². The number of nitrogens with zero attached hydrogens (tertiary/aromatic N) is 3. The van der Waals surface area contributed by atoms with E-state index in [1.54, 1.807) is 11.8 Å². The van der Waals surface area contributed by atoms with Gasteiger partial charge in [0.1, 0.15) is 18.1 Å². The van der Waals surface area contributed by atoms with Crippen molar-refractivity contribution in [3.05, 3.63) is 27.9 Å². The first-order chi connectivity index (χ1) is 8.91. The second-order valence-electron chi connectivity index (χ2n) is 4.83. The van der Waals surface area contributed by atoms with Gasteiger partial charge in [0.25, 0.3) is 5.69 Å². The molecule has 1 aliphatic rings. The van der Waals surface area contributed by atoms with Gasteiger partial charge in [-0.3, -0.25) is 10.1 Å². The number of hydrogen-bond acceptors (Lipinski definition) is 5. The SMILES string of the molecule is Cc1cc([N+](=O)[O-])cnc1N1CCC(C)C1C(=O)O. The lowest BCUT2D eigenvalue weighted by Gasteiger charge is -2.25. The maximum atomic E-state index is 11.3. The van der Waals surface area contributed by atoms with Crippen LogP contribution in [0.4, 0.5) is 11.5 Å². The molecule has 1 fully saturated rings. The number of anilines is 1. The van der Waals surface area contributed by atoms with Gasteiger partial charge in [0.05, 0.1) is 4.92 Å². The van der Waals surface area contributed by atoms with E-state index in [9.17, 15) is 20.0 Å². The minimum Gasteiger partial charge on any atom is -0.480 e. The maximum Gasteiger partial charge on any atom is 0.326 e. The van der Waals surface area contributed by atoms with E-state index in [-0.39, 0.29) is 11.6 Å². The molecular formula is C12H15N3O4. The molecule has 102 valence electrons. The second kappa shape index (κ2) is 4.83. The van der Waals surface area contributed by atoms with Gasteiger partial charge in [-0.2, -0.15) is 0 Å². The monoisotopic (exact) mass is 265 g/mol. The molecule has 0 spiro atoms. The van der Waals surface area contributed by atoms with Crippen molar-refractivity contribution in [2.75, 3.05) is 11.4 Å². The lowest BCUT2D eigenvalue weighted by Crippen LogP contribution is -2.39. The van der Waals surface area contributed by atoms with Crippen LogP contribution in [-0.2, 0) is 4.79 Å². The van der Waals surface area contributed by atoms with E-state index in [0.717, 1.165) is 6.42 Å². The summed E-state index contributed by atoms with van der Waals surface area (Å²) in [6, 6.07) is 0.803. The Labute approximate surface area is 110 Å². The molecule has 0 aromatic carbocycles. The third-order valence-corrected chi connectivity index (χ3v) is 3.47. The van der Waals surface area contributed by atoms with Crippen LogP contribution in [0.15, 0.2) is 12.3 Å². The molecule has 0 radical (unpaired) electrons. The highest BCUT2D eigenvalue weighted by atomic mass is 16.6. The van der Waals surface area contributed by atoms with Crippen molar-refractivity contribution in [1.82, 2.24) is 4.98 Å². The molecule has 0 saturated carbocycles. The molecule has 2 heterocycles. The zero-order chi connectivity index (χ0) is 14.2. The summed E-state index contributed by atoms with van der Waals surface area (Å²) in [7, 11) is 0. The molecule has 1 N–H and O–H groups in total. The zero-order valence-electron chi connectivity index (χ0n) is 10.7. The first-order valence-electron chi connectivity index (χ1n) is 6.02. The highest BCUT2D eigenvalue weighted by molar-refractivity contribution is 5.79. The summed E-state index contributed by atoms with van der Waals surface area (Å²) in [6.07, 6.45) is 1.94. The Morgan fingerprint density at radius 2 is 2.32 bits per heavy atom. The lowest BCUT2D eigenvalue weighted by molar-refractivity contribution is -0.385. The van der Waals surface area contributed by atoms with Crippen molar-refractivity contribution in [2.24, 2.45) is 5.92 Å². The largest absolute Gasteiger partial charge is 0.480 e. The molecule has 19 heavy (non-hydrogen) atoms. The van der Waals surface area contributed by atoms with Crippen LogP contribution in [-0.4, -0.2) is 33.6 Å². The predicted octanol–water partition coefficient (Wildman–Crippen LogP) is 1.60. The van der Waals surface area contributed by atoms with Crippen LogP contribution in [0.2, 0.25) is 0 Å². The minimum absolute atomic E-state index is 0.0360. The Balaban J connectivity index is 2.36. The fourth-order valence-corrected chi connectivity index (χ4v) is 2.51. The average molecular weight is 265 g/mol. The number of carbonyl (C=O) groups is 1. The highest BCUT2D eigenvalue weighted by Crippen LogP contribution is 2.31. The zero-order valence-corrected chi connectivity index (χ0v) is 10.7. The molecule has 0 amide bonds. The standard InChI is InChI=1S/C12H15N3O4/c1-7-3-4-14(10(7)12(16)17)11-8(2)5-9(6-13-11)15(18)19/h5-7,10H,3-4H2,1-2H3,(H,16,17). The number of hydrogen-bond donors (Lipinski definition) is 1. The molecule has 2 atom stereocenters. The predicted molar refractivity (Wildman–Crippen MR) is 68.2 cm³/mol. The molecule has 2 unspecified atom stereocenters. The van der Waals surface area contributed by atoms with Crippen molar-refractivity contribution in [3.63, 3.8) is 0 Å². The highest BCUT2D eigenvalue weighted by Gasteiger charge is 2.38. The van der Waals surface area contributed by atoms with E-state index in [4.69, 9.17) is 0 Å². The second-order valence-corrected chi connectivity index (χ2v) is 4.83. The van der Waals surface area contributed by atoms with Crippen LogP contribution in [0, 0.1) is 23.0 Å². The fraction of sp³-hybridized carbons (Fsp3) is 0.500. The van der Waals surface area contributed by atoms with Gasteiger partial charge in [0.15, 0.2) is 0 Å². The van der Waals surface area contributed by atoms with Crippen LogP contribution in [0.5, 0.6) is 0 Å². The fourth-order valence-electron chi connectivity index (χ4n) is 2.51. The quantitative estimate of drug-likeness (QED) is 0.658. The number of nitro groups is 1. The van der Waals surface area contributed by atoms with E-state index < -0.39 is 16.9 Å². The third kappa shape index (κ3) is 2.35. The van der Waals surface area contributed by atoms with Crippen molar-refractivity contribution in [3.8, 4) is 0 Å². The van der Waals surface area contributed by atoms with E-state index in [0.29, 0.717) is 17.9 Å². The van der Waals surface area contributed by atoms with E-state index >= 15 is 0 Å². The molecule has 1 saturated heterocycles. The van der Waals surface area contributed by atoms with Gasteiger partial charge in [-0.15, -0.1) is 0 Å². The molecule has 1 aromatic heterocycles. The number of carboxylic acid groups (broad SMARTS) is 1. The summed E-state index contributed by atoms with van der Waals surface area (Å²) in [5.41, 5.74) is 0.537. The summed E-state index contributed by atoms with van der Waals surface area (Å²) in [6.45, 7) is 4.19. The summed E-state index contributed by atoms with van der Waals surface area (Å²) >= 11 is 0. The van der Waals surface area contributed by atoms with E-state index in [2.05, 4.69) is 4.98 Å². The van der Waals surface area contributed by atoms with Gasteiger partial charge in [0, 0.05) is 12.6 Å². The molecule has 7 nitrogen and oxygen atoms in total. The number of aromatic nitrogens is 1. The summed E-state index contributed by atoms with van der Waals surface area (Å²) in [5.74, 6) is -0.333. The molecule has 2 rings (SSSR count). The van der Waals surface area contributed by atoms with Crippen LogP contribution in [0.25, 0.3) is 0 Å². The Morgan fingerprint density at radius 1 is 1.63 bits per heavy atom. The molecule has 0 bridgehead atoms. The number of pyridine rings is 1. The molecule has 7 heteroatoms. The number of rotatable bonds is 3. The summed E-state index contributed by atoms with van der Waals surface area (Å²) in [5, 5.41) is 19.9. The minimum atomic E-state index is -0.885. The van der Waals surface area contributed by atoms with Gasteiger partial charge >= 0.3 is 5.97 Å². The molecule has 1 aliphatic heterocycles. The number of aryl methyl sites for hydroxylation is 1. The van der Waals surface area contributed by atoms with Crippen molar-refractivity contribution < 1.29 is 14.8 Å². The van der Waals surface area contributed by atoms with Gasteiger partial charge in [-0.1, -0.05) is 6.92 Å². The van der Waals surface area contributed by atoms with Gasteiger partial charge in [-0.05, 0) is 24.8 Å². The van der Waals surface area contributed by atoms with Crippen molar-refractivity contribution in [2.45, 2.75) is 26.3 Å². The molecule has 1 aromatic rings. The number of aliphatic carboxylic acids is 1. The molecular weight excluding hydrogens is 250 g/mol. The van der Waals surface area contributed by atoms with Crippen LogP contribution in [0.3, 0.4) is 0 Å². The van der Waals surface area contributed by atoms with E-state index in [1.807, 2.05) is 6.92 Å². The first-order valence-corrected chi connectivity index (χ1v) is 6.02. The Hall–Kier alpha value is -2.18. The maximum absolute atomic E-state index is 11.3. The van der Waals surface area contributed by atoms with Crippen LogP contribution >= 0.6 is 0 Å². The summed E-state index contributed by atoms with van der Waals surface area (Å²) in [4.78, 5) is 27.2. The Kier molecular flexibility index (Phi) is 3.37. The normalized spacial score (nSPS) is 22.5. The third-order valence-electron chi connectivity index (χ3n) is 3.47. The summed E-state index contributed by atoms with van der Waals surface area (Å²) < 4.78 is 0.